The van der Waals surface area contributed by atoms with E-state index in [9.17, 15) is 4.79 Å². The zero-order valence-corrected chi connectivity index (χ0v) is 15.2. The fourth-order valence-electron chi connectivity index (χ4n) is 3.12. The predicted molar refractivity (Wildman–Crippen MR) is 103 cm³/mol. The summed E-state index contributed by atoms with van der Waals surface area (Å²) in [6.45, 7) is 0.259. The van der Waals surface area contributed by atoms with Gasteiger partial charge >= 0.3 is 5.97 Å². The number of thioether (sulfide) groups is 1. The Hall–Kier alpha value is -2.72. The molecule has 1 aliphatic rings. The van der Waals surface area contributed by atoms with Crippen LogP contribution in [0.2, 0.25) is 0 Å². The van der Waals surface area contributed by atoms with Crippen molar-refractivity contribution in [2.75, 3.05) is 6.26 Å². The lowest BCUT2D eigenvalue weighted by molar-refractivity contribution is -0.145. The highest BCUT2D eigenvalue weighted by atomic mass is 32.2. The molecule has 0 radical (unpaired) electrons. The van der Waals surface area contributed by atoms with Crippen LogP contribution in [0, 0.1) is 0 Å². The van der Waals surface area contributed by atoms with Gasteiger partial charge in [0.05, 0.1) is 0 Å². The number of hydrogen-bond acceptors (Lipinski definition) is 4. The molecular formula is C22H18O3S. The lowest BCUT2D eigenvalue weighted by atomic mass is 9.88. The molecule has 3 nitrogen and oxygen atoms in total. The molecule has 0 atom stereocenters. The molecular weight excluding hydrogens is 344 g/mol. The number of esters is 1. The molecule has 0 aromatic heterocycles. The predicted octanol–water partition coefficient (Wildman–Crippen LogP) is 5.39. The van der Waals surface area contributed by atoms with Crippen LogP contribution in [0.25, 0.3) is 0 Å². The van der Waals surface area contributed by atoms with Crippen LogP contribution >= 0.6 is 11.8 Å². The topological polar surface area (TPSA) is 35.5 Å². The fourth-order valence-corrected chi connectivity index (χ4v) is 3.53. The normalized spacial score (nSPS) is 12.7. The van der Waals surface area contributed by atoms with Crippen LogP contribution < -0.4 is 4.74 Å². The molecule has 1 heterocycles. The molecule has 0 fully saturated rings. The summed E-state index contributed by atoms with van der Waals surface area (Å²) < 4.78 is 11.6. The third-order valence-electron chi connectivity index (χ3n) is 4.46. The summed E-state index contributed by atoms with van der Waals surface area (Å²) in [4.78, 5) is 14.1. The van der Waals surface area contributed by atoms with Gasteiger partial charge in [-0.3, -0.25) is 4.79 Å². The van der Waals surface area contributed by atoms with E-state index < -0.39 is 5.92 Å². The third-order valence-corrected chi connectivity index (χ3v) is 5.20. The van der Waals surface area contributed by atoms with Gasteiger partial charge in [0, 0.05) is 16.0 Å². The third kappa shape index (κ3) is 3.20. The van der Waals surface area contributed by atoms with Crippen molar-refractivity contribution < 1.29 is 14.3 Å². The number of ether oxygens (including phenoxy) is 2. The van der Waals surface area contributed by atoms with Crippen molar-refractivity contribution in [3.63, 3.8) is 0 Å². The molecule has 0 aliphatic carbocycles. The summed E-state index contributed by atoms with van der Waals surface area (Å²) in [5.74, 6) is 0.679. The van der Waals surface area contributed by atoms with Crippen LogP contribution in [0.1, 0.15) is 22.6 Å². The standard InChI is InChI=1S/C22H18O3S/c1-26-16-12-10-15(11-13-16)14-24-22(23)21-17-6-2-4-8-19(17)25-20-9-5-3-7-18(20)21/h2-13,21H,14H2,1H3. The molecule has 0 bridgehead atoms. The van der Waals surface area contributed by atoms with Gasteiger partial charge < -0.3 is 9.47 Å². The average Bonchev–Trinajstić information content (AvgIpc) is 2.70. The molecule has 3 aromatic carbocycles. The summed E-state index contributed by atoms with van der Waals surface area (Å²) in [6.07, 6.45) is 2.04. The van der Waals surface area contributed by atoms with Crippen molar-refractivity contribution in [3.8, 4) is 11.5 Å². The maximum absolute atomic E-state index is 12.9. The quantitative estimate of drug-likeness (QED) is 0.460. The number of para-hydroxylation sites is 2. The number of hydrogen-bond donors (Lipinski definition) is 0. The number of fused-ring (bicyclic) bond motifs is 2. The first-order valence-corrected chi connectivity index (χ1v) is 9.64. The maximum Gasteiger partial charge on any atom is 0.318 e. The van der Waals surface area contributed by atoms with E-state index in [2.05, 4.69) is 0 Å². The minimum absolute atomic E-state index is 0.259. The molecule has 3 aromatic rings. The largest absolute Gasteiger partial charge is 0.460 e. The molecule has 0 unspecified atom stereocenters. The molecule has 1 aliphatic heterocycles. The SMILES string of the molecule is CSc1ccc(COC(=O)C2c3ccccc3Oc3ccccc32)cc1. The van der Waals surface area contributed by atoms with Crippen molar-refractivity contribution in [3.05, 3.63) is 89.5 Å². The van der Waals surface area contributed by atoms with Crippen molar-refractivity contribution in [2.45, 2.75) is 17.4 Å². The highest BCUT2D eigenvalue weighted by Crippen LogP contribution is 2.44. The van der Waals surface area contributed by atoms with Crippen molar-refractivity contribution in [1.29, 1.82) is 0 Å². The molecule has 0 saturated carbocycles. The van der Waals surface area contributed by atoms with Gasteiger partial charge in [-0.25, -0.2) is 0 Å². The van der Waals surface area contributed by atoms with E-state index in [1.807, 2.05) is 79.1 Å². The van der Waals surface area contributed by atoms with Gasteiger partial charge in [-0.15, -0.1) is 11.8 Å². The zero-order chi connectivity index (χ0) is 17.9. The first kappa shape index (κ1) is 16.7. The lowest BCUT2D eigenvalue weighted by Gasteiger charge is -2.26. The first-order chi connectivity index (χ1) is 12.8. The van der Waals surface area contributed by atoms with E-state index >= 15 is 0 Å². The summed E-state index contributed by atoms with van der Waals surface area (Å²) in [6, 6.07) is 23.3. The van der Waals surface area contributed by atoms with E-state index in [0.29, 0.717) is 11.5 Å². The summed E-state index contributed by atoms with van der Waals surface area (Å²) >= 11 is 1.69. The highest BCUT2D eigenvalue weighted by molar-refractivity contribution is 7.98. The van der Waals surface area contributed by atoms with Gasteiger partial charge in [0.1, 0.15) is 24.0 Å². The average molecular weight is 362 g/mol. The Bertz CT molecular complexity index is 889. The molecule has 0 spiro atoms. The van der Waals surface area contributed by atoms with Crippen LogP contribution in [0.5, 0.6) is 11.5 Å². The van der Waals surface area contributed by atoms with E-state index in [0.717, 1.165) is 16.7 Å². The minimum atomic E-state index is -0.471. The second-order valence-corrected chi connectivity index (χ2v) is 6.95. The van der Waals surface area contributed by atoms with Gasteiger partial charge in [0.15, 0.2) is 0 Å². The summed E-state index contributed by atoms with van der Waals surface area (Å²) in [5, 5.41) is 0. The van der Waals surface area contributed by atoms with E-state index in [4.69, 9.17) is 9.47 Å². The molecule has 4 rings (SSSR count). The Kier molecular flexibility index (Phi) is 4.67. The smallest absolute Gasteiger partial charge is 0.318 e. The van der Waals surface area contributed by atoms with Crippen molar-refractivity contribution in [2.24, 2.45) is 0 Å². The van der Waals surface area contributed by atoms with Gasteiger partial charge in [0.25, 0.3) is 0 Å². The number of carbonyl (C=O) groups is 1. The molecule has 0 N–H and O–H groups in total. The number of rotatable bonds is 4. The first-order valence-electron chi connectivity index (χ1n) is 8.41. The Labute approximate surface area is 157 Å². The second-order valence-electron chi connectivity index (χ2n) is 6.07. The Balaban J connectivity index is 1.59. The minimum Gasteiger partial charge on any atom is -0.460 e. The fraction of sp³-hybridized carbons (Fsp3) is 0.136. The van der Waals surface area contributed by atoms with Crippen molar-refractivity contribution >= 4 is 17.7 Å². The van der Waals surface area contributed by atoms with Crippen LogP contribution in [-0.2, 0) is 16.1 Å². The van der Waals surface area contributed by atoms with E-state index in [1.54, 1.807) is 11.8 Å². The summed E-state index contributed by atoms with van der Waals surface area (Å²) in [5.41, 5.74) is 2.66. The highest BCUT2D eigenvalue weighted by Gasteiger charge is 2.33. The lowest BCUT2D eigenvalue weighted by Crippen LogP contribution is -2.21. The Morgan fingerprint density at radius 2 is 1.50 bits per heavy atom. The van der Waals surface area contributed by atoms with Crippen LogP contribution in [0.4, 0.5) is 0 Å². The van der Waals surface area contributed by atoms with E-state index in [1.165, 1.54) is 4.90 Å². The molecule has 0 saturated heterocycles. The van der Waals surface area contributed by atoms with Crippen LogP contribution in [0.3, 0.4) is 0 Å². The monoisotopic (exact) mass is 362 g/mol. The molecule has 130 valence electrons. The van der Waals surface area contributed by atoms with Gasteiger partial charge in [-0.2, -0.15) is 0 Å². The summed E-state index contributed by atoms with van der Waals surface area (Å²) in [7, 11) is 0. The second kappa shape index (κ2) is 7.26. The van der Waals surface area contributed by atoms with Gasteiger partial charge in [-0.05, 0) is 36.1 Å². The van der Waals surface area contributed by atoms with Crippen molar-refractivity contribution in [1.82, 2.24) is 0 Å². The zero-order valence-electron chi connectivity index (χ0n) is 14.3. The van der Waals surface area contributed by atoms with Gasteiger partial charge in [-0.1, -0.05) is 48.5 Å². The van der Waals surface area contributed by atoms with Gasteiger partial charge in [0.2, 0.25) is 0 Å². The number of carbonyl (C=O) groups excluding carboxylic acids is 1. The molecule has 4 heteroatoms. The Morgan fingerprint density at radius 3 is 2.08 bits per heavy atom. The van der Waals surface area contributed by atoms with E-state index in [-0.39, 0.29) is 12.6 Å². The molecule has 26 heavy (non-hydrogen) atoms. The maximum atomic E-state index is 12.9. The number of benzene rings is 3. The van der Waals surface area contributed by atoms with Crippen LogP contribution in [-0.4, -0.2) is 12.2 Å². The molecule has 0 amide bonds. The van der Waals surface area contributed by atoms with Crippen LogP contribution in [0.15, 0.2) is 77.7 Å². The Morgan fingerprint density at radius 1 is 0.923 bits per heavy atom.